The molecular weight excluding hydrogens is 284 g/mol. The number of hydrogen-bond acceptors (Lipinski definition) is 5. The van der Waals surface area contributed by atoms with Crippen LogP contribution in [0.15, 0.2) is 30.9 Å². The fraction of sp³-hybridized carbons (Fsp3) is 0.412. The SMILES string of the molecule is C=CCOC(=O)C1(c2ccc(OC)cc2OC)CCCC1=O. The zero-order valence-electron chi connectivity index (χ0n) is 12.9. The maximum atomic E-state index is 12.6. The van der Waals surface area contributed by atoms with Gasteiger partial charge in [-0.1, -0.05) is 18.7 Å². The molecule has 1 saturated carbocycles. The predicted octanol–water partition coefficient (Wildman–Crippen LogP) is 2.42. The highest BCUT2D eigenvalue weighted by molar-refractivity contribution is 6.11. The first-order chi connectivity index (χ1) is 10.6. The summed E-state index contributed by atoms with van der Waals surface area (Å²) in [4.78, 5) is 25.1. The minimum atomic E-state index is -1.29. The van der Waals surface area contributed by atoms with Crippen molar-refractivity contribution in [2.45, 2.75) is 24.7 Å². The molecule has 5 heteroatoms. The van der Waals surface area contributed by atoms with Crippen molar-refractivity contribution in [3.8, 4) is 11.5 Å². The van der Waals surface area contributed by atoms with Gasteiger partial charge in [0.1, 0.15) is 18.1 Å². The molecule has 0 bridgehead atoms. The summed E-state index contributed by atoms with van der Waals surface area (Å²) in [7, 11) is 3.05. The van der Waals surface area contributed by atoms with Gasteiger partial charge in [-0.2, -0.15) is 0 Å². The van der Waals surface area contributed by atoms with Crippen molar-refractivity contribution in [2.24, 2.45) is 0 Å². The van der Waals surface area contributed by atoms with Gasteiger partial charge < -0.3 is 14.2 Å². The molecule has 22 heavy (non-hydrogen) atoms. The Labute approximate surface area is 129 Å². The van der Waals surface area contributed by atoms with E-state index in [0.717, 1.165) is 0 Å². The van der Waals surface area contributed by atoms with Crippen LogP contribution in [0.25, 0.3) is 0 Å². The third kappa shape index (κ3) is 2.58. The number of esters is 1. The summed E-state index contributed by atoms with van der Waals surface area (Å²) < 4.78 is 15.7. The van der Waals surface area contributed by atoms with E-state index in [1.54, 1.807) is 25.3 Å². The summed E-state index contributed by atoms with van der Waals surface area (Å²) >= 11 is 0. The van der Waals surface area contributed by atoms with Gasteiger partial charge in [0, 0.05) is 18.1 Å². The van der Waals surface area contributed by atoms with Crippen LogP contribution in [-0.4, -0.2) is 32.6 Å². The van der Waals surface area contributed by atoms with E-state index in [4.69, 9.17) is 14.2 Å². The van der Waals surface area contributed by atoms with E-state index < -0.39 is 11.4 Å². The first kappa shape index (κ1) is 16.1. The number of Topliss-reactive ketones (excluding diaryl/α,β-unsaturated/α-hetero) is 1. The van der Waals surface area contributed by atoms with Crippen molar-refractivity contribution < 1.29 is 23.8 Å². The standard InChI is InChI=1S/C17H20O5/c1-4-10-22-16(19)17(9-5-6-15(17)18)13-8-7-12(20-2)11-14(13)21-3/h4,7-8,11H,1,5-6,9-10H2,2-3H3. The Balaban J connectivity index is 2.53. The van der Waals surface area contributed by atoms with Crippen LogP contribution in [0.2, 0.25) is 0 Å². The third-order valence-electron chi connectivity index (χ3n) is 3.98. The normalized spacial score (nSPS) is 20.5. The minimum absolute atomic E-state index is 0.0757. The summed E-state index contributed by atoms with van der Waals surface area (Å²) in [5, 5.41) is 0. The van der Waals surface area contributed by atoms with Gasteiger partial charge >= 0.3 is 5.97 Å². The second kappa shape index (κ2) is 6.64. The largest absolute Gasteiger partial charge is 0.497 e. The summed E-state index contributed by atoms with van der Waals surface area (Å²) in [6, 6.07) is 5.09. The summed E-state index contributed by atoms with van der Waals surface area (Å²) in [5.41, 5.74) is -0.756. The van der Waals surface area contributed by atoms with Crippen LogP contribution < -0.4 is 9.47 Å². The van der Waals surface area contributed by atoms with Gasteiger partial charge in [-0.05, 0) is 18.9 Å². The van der Waals surface area contributed by atoms with Gasteiger partial charge in [0.15, 0.2) is 11.2 Å². The zero-order chi connectivity index (χ0) is 16.2. The van der Waals surface area contributed by atoms with Crippen molar-refractivity contribution in [1.82, 2.24) is 0 Å². The molecule has 118 valence electrons. The van der Waals surface area contributed by atoms with Gasteiger partial charge in [0.2, 0.25) is 0 Å². The smallest absolute Gasteiger partial charge is 0.324 e. The maximum absolute atomic E-state index is 12.6. The molecule has 1 aromatic rings. The Kier molecular flexibility index (Phi) is 4.85. The van der Waals surface area contributed by atoms with Crippen molar-refractivity contribution >= 4 is 11.8 Å². The molecule has 2 rings (SSSR count). The van der Waals surface area contributed by atoms with E-state index in [1.807, 2.05) is 0 Å². The van der Waals surface area contributed by atoms with E-state index in [0.29, 0.717) is 36.3 Å². The quantitative estimate of drug-likeness (QED) is 0.459. The molecule has 5 nitrogen and oxygen atoms in total. The van der Waals surface area contributed by atoms with E-state index in [9.17, 15) is 9.59 Å². The van der Waals surface area contributed by atoms with E-state index in [1.165, 1.54) is 13.2 Å². The van der Waals surface area contributed by atoms with Crippen LogP contribution >= 0.6 is 0 Å². The molecular formula is C17H20O5. The molecule has 0 aromatic heterocycles. The molecule has 0 aliphatic heterocycles. The molecule has 0 heterocycles. The number of ether oxygens (including phenoxy) is 3. The number of carbonyl (C=O) groups is 2. The third-order valence-corrected chi connectivity index (χ3v) is 3.98. The Bertz CT molecular complexity index is 593. The number of ketones is 1. The first-order valence-electron chi connectivity index (χ1n) is 7.14. The molecule has 1 aromatic carbocycles. The molecule has 1 fully saturated rings. The number of rotatable bonds is 6. The van der Waals surface area contributed by atoms with E-state index in [-0.39, 0.29) is 12.4 Å². The zero-order valence-corrected chi connectivity index (χ0v) is 12.9. The Morgan fingerprint density at radius 3 is 2.68 bits per heavy atom. The topological polar surface area (TPSA) is 61.8 Å². The van der Waals surface area contributed by atoms with Gasteiger partial charge in [0.05, 0.1) is 14.2 Å². The number of hydrogen-bond donors (Lipinski definition) is 0. The molecule has 0 radical (unpaired) electrons. The molecule has 0 N–H and O–H groups in total. The lowest BCUT2D eigenvalue weighted by molar-refractivity contribution is -0.152. The number of carbonyl (C=O) groups excluding carboxylic acids is 2. The number of benzene rings is 1. The van der Waals surface area contributed by atoms with Crippen LogP contribution in [-0.2, 0) is 19.7 Å². The summed E-state index contributed by atoms with van der Waals surface area (Å²) in [6.07, 6.45) is 2.91. The van der Waals surface area contributed by atoms with Gasteiger partial charge in [-0.25, -0.2) is 0 Å². The fourth-order valence-corrected chi connectivity index (χ4v) is 2.89. The molecule has 0 spiro atoms. The molecule has 1 atom stereocenters. The highest BCUT2D eigenvalue weighted by Crippen LogP contribution is 2.44. The van der Waals surface area contributed by atoms with E-state index >= 15 is 0 Å². The summed E-state index contributed by atoms with van der Waals surface area (Å²) in [6.45, 7) is 3.60. The van der Waals surface area contributed by atoms with Crippen LogP contribution in [0.1, 0.15) is 24.8 Å². The molecule has 1 unspecified atom stereocenters. The molecule has 0 saturated heterocycles. The lowest BCUT2D eigenvalue weighted by Gasteiger charge is -2.27. The highest BCUT2D eigenvalue weighted by Gasteiger charge is 2.52. The second-order valence-electron chi connectivity index (χ2n) is 5.14. The van der Waals surface area contributed by atoms with Crippen LogP contribution in [0.3, 0.4) is 0 Å². The Morgan fingerprint density at radius 1 is 1.36 bits per heavy atom. The monoisotopic (exact) mass is 304 g/mol. The van der Waals surface area contributed by atoms with Crippen molar-refractivity contribution in [2.75, 3.05) is 20.8 Å². The van der Waals surface area contributed by atoms with Crippen LogP contribution in [0, 0.1) is 0 Å². The fourth-order valence-electron chi connectivity index (χ4n) is 2.89. The van der Waals surface area contributed by atoms with Crippen molar-refractivity contribution in [3.05, 3.63) is 36.4 Å². The maximum Gasteiger partial charge on any atom is 0.324 e. The van der Waals surface area contributed by atoms with Crippen LogP contribution in [0.5, 0.6) is 11.5 Å². The first-order valence-corrected chi connectivity index (χ1v) is 7.14. The van der Waals surface area contributed by atoms with Gasteiger partial charge in [0.25, 0.3) is 0 Å². The van der Waals surface area contributed by atoms with Crippen molar-refractivity contribution in [3.63, 3.8) is 0 Å². The van der Waals surface area contributed by atoms with Gasteiger partial charge in [-0.15, -0.1) is 0 Å². The lowest BCUT2D eigenvalue weighted by atomic mass is 9.77. The van der Waals surface area contributed by atoms with Crippen molar-refractivity contribution in [1.29, 1.82) is 0 Å². The Hall–Kier alpha value is -2.30. The molecule has 1 aliphatic rings. The second-order valence-corrected chi connectivity index (χ2v) is 5.14. The predicted molar refractivity (Wildman–Crippen MR) is 81.2 cm³/mol. The average molecular weight is 304 g/mol. The Morgan fingerprint density at radius 2 is 2.14 bits per heavy atom. The highest BCUT2D eigenvalue weighted by atomic mass is 16.5. The van der Waals surface area contributed by atoms with Crippen LogP contribution in [0.4, 0.5) is 0 Å². The van der Waals surface area contributed by atoms with Gasteiger partial charge in [-0.3, -0.25) is 9.59 Å². The lowest BCUT2D eigenvalue weighted by Crippen LogP contribution is -2.41. The minimum Gasteiger partial charge on any atom is -0.497 e. The summed E-state index contributed by atoms with van der Waals surface area (Å²) in [5.74, 6) is 0.370. The molecule has 1 aliphatic carbocycles. The average Bonchev–Trinajstić information content (AvgIpc) is 2.94. The molecule has 0 amide bonds. The number of methoxy groups -OCH3 is 2. The van der Waals surface area contributed by atoms with E-state index in [2.05, 4.69) is 6.58 Å².